The summed E-state index contributed by atoms with van der Waals surface area (Å²) >= 11 is 0. The molecule has 0 saturated carbocycles. The molecule has 0 amide bonds. The van der Waals surface area contributed by atoms with Crippen LogP contribution in [-0.2, 0) is 0 Å². The highest BCUT2D eigenvalue weighted by Gasteiger charge is 2.06. The van der Waals surface area contributed by atoms with Crippen LogP contribution >= 0.6 is 0 Å². The molecule has 2 aromatic heterocycles. The third-order valence-corrected chi connectivity index (χ3v) is 3.05. The number of benzene rings is 1. The highest BCUT2D eigenvalue weighted by Crippen LogP contribution is 2.23. The molecule has 2 heterocycles. The van der Waals surface area contributed by atoms with Crippen molar-refractivity contribution >= 4 is 0 Å². The van der Waals surface area contributed by atoms with Gasteiger partial charge < -0.3 is 9.72 Å². The average Bonchev–Trinajstić information content (AvgIpc) is 2.98. The summed E-state index contributed by atoms with van der Waals surface area (Å²) in [6.07, 6.45) is 5.58. The van der Waals surface area contributed by atoms with Crippen molar-refractivity contribution in [3.63, 3.8) is 0 Å². The molecule has 4 nitrogen and oxygen atoms in total. The van der Waals surface area contributed by atoms with Crippen LogP contribution in [0.4, 0.5) is 0 Å². The van der Waals surface area contributed by atoms with Gasteiger partial charge in [0, 0.05) is 23.5 Å². The zero-order valence-electron chi connectivity index (χ0n) is 12.1. The highest BCUT2D eigenvalue weighted by atomic mass is 16.5. The van der Waals surface area contributed by atoms with Crippen molar-refractivity contribution in [3.8, 4) is 28.4 Å². The number of rotatable bonds is 4. The zero-order chi connectivity index (χ0) is 14.7. The number of hydrogen-bond donors (Lipinski definition) is 1. The maximum atomic E-state index is 5.64. The standard InChI is InChI=1S/C17H17N3O/c1-12(2)21-15-7-5-13(6-8-15)17-19-11-16(20-17)14-4-3-9-18-10-14/h3-12H,1-2H3,(H,19,20). The van der Waals surface area contributed by atoms with Crippen LogP contribution in [0.5, 0.6) is 5.75 Å². The number of H-pyrrole nitrogens is 1. The molecule has 1 N–H and O–H groups in total. The minimum Gasteiger partial charge on any atom is -0.491 e. The van der Waals surface area contributed by atoms with Gasteiger partial charge in [0.2, 0.25) is 0 Å². The molecule has 0 aliphatic carbocycles. The Bertz CT molecular complexity index is 702. The van der Waals surface area contributed by atoms with E-state index < -0.39 is 0 Å². The van der Waals surface area contributed by atoms with Crippen molar-refractivity contribution in [1.82, 2.24) is 15.0 Å². The Morgan fingerprint density at radius 2 is 1.81 bits per heavy atom. The van der Waals surface area contributed by atoms with Crippen LogP contribution in [0, 0.1) is 0 Å². The summed E-state index contributed by atoms with van der Waals surface area (Å²) in [5, 5.41) is 0. The van der Waals surface area contributed by atoms with Crippen LogP contribution in [-0.4, -0.2) is 21.1 Å². The van der Waals surface area contributed by atoms with Crippen LogP contribution in [0.3, 0.4) is 0 Å². The van der Waals surface area contributed by atoms with E-state index in [-0.39, 0.29) is 6.10 Å². The van der Waals surface area contributed by atoms with E-state index in [4.69, 9.17) is 4.74 Å². The van der Waals surface area contributed by atoms with Gasteiger partial charge in [-0.25, -0.2) is 4.98 Å². The molecule has 0 atom stereocenters. The normalized spacial score (nSPS) is 10.8. The third-order valence-electron chi connectivity index (χ3n) is 3.05. The lowest BCUT2D eigenvalue weighted by atomic mass is 10.2. The Morgan fingerprint density at radius 3 is 2.48 bits per heavy atom. The van der Waals surface area contributed by atoms with Gasteiger partial charge in [-0.15, -0.1) is 0 Å². The second kappa shape index (κ2) is 5.79. The fourth-order valence-corrected chi connectivity index (χ4v) is 2.10. The summed E-state index contributed by atoms with van der Waals surface area (Å²) in [5.74, 6) is 1.71. The first kappa shape index (κ1) is 13.4. The average molecular weight is 279 g/mol. The predicted molar refractivity (Wildman–Crippen MR) is 83.0 cm³/mol. The largest absolute Gasteiger partial charge is 0.491 e. The summed E-state index contributed by atoms with van der Waals surface area (Å²) in [6.45, 7) is 4.03. The Hall–Kier alpha value is -2.62. The Labute approximate surface area is 123 Å². The first-order valence-electron chi connectivity index (χ1n) is 6.95. The molecule has 0 radical (unpaired) electrons. The Kier molecular flexibility index (Phi) is 3.69. The molecule has 0 aliphatic heterocycles. The van der Waals surface area contributed by atoms with Gasteiger partial charge in [0.1, 0.15) is 11.6 Å². The number of ether oxygens (including phenoxy) is 1. The van der Waals surface area contributed by atoms with Crippen LogP contribution in [0.2, 0.25) is 0 Å². The lowest BCUT2D eigenvalue weighted by Crippen LogP contribution is -2.05. The molecular formula is C17H17N3O. The second-order valence-corrected chi connectivity index (χ2v) is 5.08. The molecule has 0 saturated heterocycles. The van der Waals surface area contributed by atoms with Gasteiger partial charge in [-0.05, 0) is 50.2 Å². The molecular weight excluding hydrogens is 262 g/mol. The van der Waals surface area contributed by atoms with E-state index in [1.54, 1.807) is 6.20 Å². The smallest absolute Gasteiger partial charge is 0.137 e. The van der Waals surface area contributed by atoms with Gasteiger partial charge in [0.05, 0.1) is 18.0 Å². The highest BCUT2D eigenvalue weighted by molar-refractivity contribution is 5.64. The summed E-state index contributed by atoms with van der Waals surface area (Å²) in [4.78, 5) is 11.9. The van der Waals surface area contributed by atoms with Gasteiger partial charge in [0.25, 0.3) is 0 Å². The van der Waals surface area contributed by atoms with Crippen molar-refractivity contribution in [3.05, 3.63) is 55.0 Å². The number of nitrogens with one attached hydrogen (secondary N) is 1. The Balaban J connectivity index is 1.83. The SMILES string of the molecule is CC(C)Oc1ccc(-c2ncc(-c3cccnc3)[nH]2)cc1. The zero-order valence-corrected chi connectivity index (χ0v) is 12.1. The van der Waals surface area contributed by atoms with Gasteiger partial charge in [0.15, 0.2) is 0 Å². The molecule has 21 heavy (non-hydrogen) atoms. The van der Waals surface area contributed by atoms with Crippen molar-refractivity contribution in [2.45, 2.75) is 20.0 Å². The molecule has 0 spiro atoms. The molecule has 3 rings (SSSR count). The monoisotopic (exact) mass is 279 g/mol. The number of nitrogens with zero attached hydrogens (tertiary/aromatic N) is 2. The van der Waals surface area contributed by atoms with Crippen molar-refractivity contribution in [2.75, 3.05) is 0 Å². The first-order valence-corrected chi connectivity index (χ1v) is 6.95. The van der Waals surface area contributed by atoms with Crippen LogP contribution in [0.1, 0.15) is 13.8 Å². The quantitative estimate of drug-likeness (QED) is 0.787. The van der Waals surface area contributed by atoms with Gasteiger partial charge >= 0.3 is 0 Å². The molecule has 3 aromatic rings. The van der Waals surface area contributed by atoms with Gasteiger partial charge in [-0.2, -0.15) is 0 Å². The molecule has 106 valence electrons. The lowest BCUT2D eigenvalue weighted by molar-refractivity contribution is 0.242. The fourth-order valence-electron chi connectivity index (χ4n) is 2.10. The van der Waals surface area contributed by atoms with E-state index in [1.165, 1.54) is 0 Å². The lowest BCUT2D eigenvalue weighted by Gasteiger charge is -2.09. The minimum absolute atomic E-state index is 0.177. The molecule has 0 fully saturated rings. The number of imidazole rings is 1. The van der Waals surface area contributed by atoms with Crippen molar-refractivity contribution < 1.29 is 4.74 Å². The van der Waals surface area contributed by atoms with Crippen molar-refractivity contribution in [1.29, 1.82) is 0 Å². The Morgan fingerprint density at radius 1 is 1.00 bits per heavy atom. The van der Waals surface area contributed by atoms with E-state index in [1.807, 2.05) is 62.6 Å². The predicted octanol–water partition coefficient (Wildman–Crippen LogP) is 3.93. The number of aromatic nitrogens is 3. The molecule has 1 aromatic carbocycles. The number of aromatic amines is 1. The molecule has 0 unspecified atom stereocenters. The van der Waals surface area contributed by atoms with Crippen molar-refractivity contribution in [2.24, 2.45) is 0 Å². The van der Waals surface area contributed by atoms with E-state index in [2.05, 4.69) is 15.0 Å². The second-order valence-electron chi connectivity index (χ2n) is 5.08. The number of pyridine rings is 1. The van der Waals surface area contributed by atoms with E-state index in [0.717, 1.165) is 28.4 Å². The minimum atomic E-state index is 0.177. The summed E-state index contributed by atoms with van der Waals surface area (Å²) in [7, 11) is 0. The van der Waals surface area contributed by atoms with Gasteiger partial charge in [-0.3, -0.25) is 4.98 Å². The number of hydrogen-bond acceptors (Lipinski definition) is 3. The van der Waals surface area contributed by atoms with Crippen LogP contribution in [0.15, 0.2) is 55.0 Å². The van der Waals surface area contributed by atoms with Crippen LogP contribution < -0.4 is 4.74 Å². The topological polar surface area (TPSA) is 50.8 Å². The maximum absolute atomic E-state index is 5.64. The van der Waals surface area contributed by atoms with E-state index >= 15 is 0 Å². The molecule has 4 heteroatoms. The summed E-state index contributed by atoms with van der Waals surface area (Å²) in [6, 6.07) is 11.8. The maximum Gasteiger partial charge on any atom is 0.137 e. The fraction of sp³-hybridized carbons (Fsp3) is 0.176. The van der Waals surface area contributed by atoms with E-state index in [0.29, 0.717) is 0 Å². The first-order chi connectivity index (χ1) is 10.2. The van der Waals surface area contributed by atoms with E-state index in [9.17, 15) is 0 Å². The summed E-state index contributed by atoms with van der Waals surface area (Å²) in [5.41, 5.74) is 3.01. The molecule has 0 aliphatic rings. The molecule has 0 bridgehead atoms. The van der Waals surface area contributed by atoms with Gasteiger partial charge in [-0.1, -0.05) is 0 Å². The van der Waals surface area contributed by atoms with Crippen LogP contribution in [0.25, 0.3) is 22.6 Å². The summed E-state index contributed by atoms with van der Waals surface area (Å²) < 4.78 is 5.64. The third kappa shape index (κ3) is 3.11.